The van der Waals surface area contributed by atoms with Crippen LogP contribution in [0.5, 0.6) is 0 Å². The van der Waals surface area contributed by atoms with E-state index >= 15 is 0 Å². The summed E-state index contributed by atoms with van der Waals surface area (Å²) < 4.78 is 37.7. The van der Waals surface area contributed by atoms with Gasteiger partial charge >= 0.3 is 12.1 Å². The van der Waals surface area contributed by atoms with Crippen LogP contribution in [0.15, 0.2) is 12.1 Å². The van der Waals surface area contributed by atoms with Crippen LogP contribution in [0.2, 0.25) is 0 Å². The van der Waals surface area contributed by atoms with Crippen LogP contribution in [0.4, 0.5) is 13.2 Å². The minimum absolute atomic E-state index is 0.102. The van der Waals surface area contributed by atoms with Gasteiger partial charge in [0, 0.05) is 11.1 Å². The Morgan fingerprint density at radius 2 is 1.76 bits per heavy atom. The first-order valence-corrected chi connectivity index (χ1v) is 4.85. The van der Waals surface area contributed by atoms with Gasteiger partial charge in [0.1, 0.15) is 5.69 Å². The first-order chi connectivity index (χ1) is 7.51. The zero-order valence-electron chi connectivity index (χ0n) is 9.59. The van der Waals surface area contributed by atoms with Crippen LogP contribution in [-0.2, 0) is 11.6 Å². The molecule has 1 rings (SSSR count). The van der Waals surface area contributed by atoms with E-state index in [0.717, 1.165) is 6.07 Å². The molecule has 17 heavy (non-hydrogen) atoms. The number of aromatic nitrogens is 1. The molecule has 0 unspecified atom stereocenters. The van der Waals surface area contributed by atoms with Crippen molar-refractivity contribution in [1.82, 2.24) is 4.98 Å². The molecule has 0 aliphatic rings. The lowest BCUT2D eigenvalue weighted by molar-refractivity contribution is -0.137. The summed E-state index contributed by atoms with van der Waals surface area (Å²) in [4.78, 5) is 14.4. The number of pyridine rings is 1. The van der Waals surface area contributed by atoms with Gasteiger partial charge in [0.25, 0.3) is 0 Å². The van der Waals surface area contributed by atoms with Crippen molar-refractivity contribution in [2.45, 2.75) is 32.4 Å². The molecule has 6 heteroatoms. The standard InChI is InChI=1S/C11H12F3NO2/c1-10(2,3)8-5-6(11(12,13)14)4-7(15-8)9(16)17/h4-5H,1-3H3,(H,16,17). The van der Waals surface area contributed by atoms with Gasteiger partial charge in [-0.25, -0.2) is 9.78 Å². The molecular formula is C11H12F3NO2. The van der Waals surface area contributed by atoms with Gasteiger partial charge in [-0.3, -0.25) is 0 Å². The summed E-state index contributed by atoms with van der Waals surface area (Å²) in [6, 6.07) is 1.42. The molecule has 1 aromatic heterocycles. The fourth-order valence-corrected chi connectivity index (χ4v) is 1.19. The SMILES string of the molecule is CC(C)(C)c1cc(C(F)(F)F)cc(C(=O)O)n1. The highest BCUT2D eigenvalue weighted by Crippen LogP contribution is 2.32. The number of hydrogen-bond donors (Lipinski definition) is 1. The molecule has 0 aromatic carbocycles. The van der Waals surface area contributed by atoms with Gasteiger partial charge in [-0.05, 0) is 12.1 Å². The molecule has 1 heterocycles. The minimum Gasteiger partial charge on any atom is -0.477 e. The van der Waals surface area contributed by atoms with Gasteiger partial charge in [-0.1, -0.05) is 20.8 Å². The van der Waals surface area contributed by atoms with E-state index in [2.05, 4.69) is 4.98 Å². The summed E-state index contributed by atoms with van der Waals surface area (Å²) in [5.41, 5.74) is -2.13. The second-order valence-electron chi connectivity index (χ2n) is 4.68. The third kappa shape index (κ3) is 3.18. The van der Waals surface area contributed by atoms with E-state index in [-0.39, 0.29) is 5.69 Å². The lowest BCUT2D eigenvalue weighted by Crippen LogP contribution is -2.19. The largest absolute Gasteiger partial charge is 0.477 e. The second kappa shape index (κ2) is 4.01. The van der Waals surface area contributed by atoms with Gasteiger partial charge in [-0.2, -0.15) is 13.2 Å². The Hall–Kier alpha value is -1.59. The molecule has 1 N–H and O–H groups in total. The van der Waals surface area contributed by atoms with Crippen molar-refractivity contribution in [2.75, 3.05) is 0 Å². The van der Waals surface area contributed by atoms with Gasteiger partial charge < -0.3 is 5.11 Å². The van der Waals surface area contributed by atoms with Crippen LogP contribution in [0.25, 0.3) is 0 Å². The maximum Gasteiger partial charge on any atom is 0.416 e. The quantitative estimate of drug-likeness (QED) is 0.829. The monoisotopic (exact) mass is 247 g/mol. The number of rotatable bonds is 1. The van der Waals surface area contributed by atoms with Gasteiger partial charge in [0.05, 0.1) is 5.56 Å². The first kappa shape index (κ1) is 13.5. The summed E-state index contributed by atoms with van der Waals surface area (Å²) in [5.74, 6) is -1.47. The number of carbonyl (C=O) groups is 1. The lowest BCUT2D eigenvalue weighted by Gasteiger charge is -2.19. The predicted octanol–water partition coefficient (Wildman–Crippen LogP) is 3.10. The second-order valence-corrected chi connectivity index (χ2v) is 4.68. The molecule has 0 radical (unpaired) electrons. The van der Waals surface area contributed by atoms with Crippen molar-refractivity contribution in [1.29, 1.82) is 0 Å². The number of aromatic carboxylic acids is 1. The van der Waals surface area contributed by atoms with Crippen molar-refractivity contribution in [3.63, 3.8) is 0 Å². The topological polar surface area (TPSA) is 50.2 Å². The summed E-state index contributed by atoms with van der Waals surface area (Å²) in [7, 11) is 0. The Labute approximate surface area is 96.3 Å². The molecule has 1 aromatic rings. The summed E-state index contributed by atoms with van der Waals surface area (Å²) in [6.45, 7) is 5.00. The highest BCUT2D eigenvalue weighted by Gasteiger charge is 2.33. The van der Waals surface area contributed by atoms with Crippen molar-refractivity contribution in [3.8, 4) is 0 Å². The average molecular weight is 247 g/mol. The third-order valence-electron chi connectivity index (χ3n) is 2.14. The average Bonchev–Trinajstić information content (AvgIpc) is 2.14. The zero-order valence-corrected chi connectivity index (χ0v) is 9.59. The van der Waals surface area contributed by atoms with Gasteiger partial charge in [0.15, 0.2) is 0 Å². The maximum atomic E-state index is 12.6. The molecule has 0 spiro atoms. The van der Waals surface area contributed by atoms with Gasteiger partial charge in [0.2, 0.25) is 0 Å². The predicted molar refractivity (Wildman–Crippen MR) is 54.9 cm³/mol. The fourth-order valence-electron chi connectivity index (χ4n) is 1.19. The molecule has 3 nitrogen and oxygen atoms in total. The van der Waals surface area contributed by atoms with E-state index in [1.54, 1.807) is 20.8 Å². The van der Waals surface area contributed by atoms with Crippen LogP contribution in [0.3, 0.4) is 0 Å². The molecule has 0 bridgehead atoms. The lowest BCUT2D eigenvalue weighted by atomic mass is 9.90. The molecule has 0 atom stereocenters. The van der Waals surface area contributed by atoms with E-state index in [1.165, 1.54) is 0 Å². The van der Waals surface area contributed by atoms with E-state index in [4.69, 9.17) is 5.11 Å². The number of nitrogens with zero attached hydrogens (tertiary/aromatic N) is 1. The van der Waals surface area contributed by atoms with Crippen molar-refractivity contribution >= 4 is 5.97 Å². The van der Waals surface area contributed by atoms with Crippen LogP contribution in [0.1, 0.15) is 42.5 Å². The summed E-state index contributed by atoms with van der Waals surface area (Å²) in [5, 5.41) is 8.74. The molecule has 0 aliphatic heterocycles. The fraction of sp³-hybridized carbons (Fsp3) is 0.455. The van der Waals surface area contributed by atoms with Crippen molar-refractivity contribution < 1.29 is 23.1 Å². The van der Waals surface area contributed by atoms with E-state index in [0.29, 0.717) is 6.07 Å². The van der Waals surface area contributed by atoms with E-state index in [9.17, 15) is 18.0 Å². The third-order valence-corrected chi connectivity index (χ3v) is 2.14. The Balaban J connectivity index is 3.45. The number of alkyl halides is 3. The molecule has 0 aliphatic carbocycles. The van der Waals surface area contributed by atoms with E-state index in [1.807, 2.05) is 0 Å². The molecule has 0 saturated carbocycles. The highest BCUT2D eigenvalue weighted by atomic mass is 19.4. The van der Waals surface area contributed by atoms with Crippen LogP contribution < -0.4 is 0 Å². The van der Waals surface area contributed by atoms with E-state index < -0.39 is 28.8 Å². The Kier molecular flexibility index (Phi) is 3.18. The summed E-state index contributed by atoms with van der Waals surface area (Å²) >= 11 is 0. The Morgan fingerprint density at radius 1 is 1.24 bits per heavy atom. The van der Waals surface area contributed by atoms with Crippen LogP contribution >= 0.6 is 0 Å². The summed E-state index contributed by atoms with van der Waals surface area (Å²) in [6.07, 6.45) is -4.58. The minimum atomic E-state index is -4.58. The molecular weight excluding hydrogens is 235 g/mol. The smallest absolute Gasteiger partial charge is 0.416 e. The normalized spacial score (nSPS) is 12.6. The molecule has 0 amide bonds. The van der Waals surface area contributed by atoms with Crippen LogP contribution in [0, 0.1) is 0 Å². The maximum absolute atomic E-state index is 12.6. The Bertz CT molecular complexity index is 415. The molecule has 94 valence electrons. The number of halogens is 3. The molecule has 0 fully saturated rings. The number of hydrogen-bond acceptors (Lipinski definition) is 2. The van der Waals surface area contributed by atoms with Crippen molar-refractivity contribution in [2.24, 2.45) is 0 Å². The zero-order chi connectivity index (χ0) is 13.4. The van der Waals surface area contributed by atoms with Crippen molar-refractivity contribution in [3.05, 3.63) is 29.1 Å². The van der Waals surface area contributed by atoms with Crippen LogP contribution in [-0.4, -0.2) is 16.1 Å². The molecule has 0 saturated heterocycles. The number of carboxylic acids is 1. The number of carboxylic acid groups (broad SMARTS) is 1. The Morgan fingerprint density at radius 3 is 2.12 bits per heavy atom. The highest BCUT2D eigenvalue weighted by molar-refractivity contribution is 5.85. The van der Waals surface area contributed by atoms with Gasteiger partial charge in [-0.15, -0.1) is 0 Å². The first-order valence-electron chi connectivity index (χ1n) is 4.85.